The number of aliphatic carboxylic acids is 1. The Morgan fingerprint density at radius 1 is 1.21 bits per heavy atom. The zero-order valence-electron chi connectivity index (χ0n) is 16.4. The summed E-state index contributed by atoms with van der Waals surface area (Å²) < 4.78 is 11.1. The normalized spacial score (nSPS) is 20.6. The molecular formula is C22H25NO6. The molecule has 0 saturated carbocycles. The van der Waals surface area contributed by atoms with Crippen molar-refractivity contribution in [3.05, 3.63) is 72.4 Å². The summed E-state index contributed by atoms with van der Waals surface area (Å²) in [7, 11) is 0. The van der Waals surface area contributed by atoms with Crippen LogP contribution in [0, 0.1) is 0 Å². The minimum atomic E-state index is -1.04. The number of carboxylic acids is 1. The molecule has 0 aliphatic carbocycles. The van der Waals surface area contributed by atoms with E-state index < -0.39 is 29.7 Å². The summed E-state index contributed by atoms with van der Waals surface area (Å²) in [6, 6.07) is 8.53. The van der Waals surface area contributed by atoms with Gasteiger partial charge in [0.25, 0.3) is 0 Å². The molecular weight excluding hydrogens is 374 g/mol. The highest BCUT2D eigenvalue weighted by molar-refractivity contribution is 5.83. The van der Waals surface area contributed by atoms with Gasteiger partial charge in [-0.25, -0.2) is 9.59 Å². The Morgan fingerprint density at radius 2 is 1.86 bits per heavy atom. The van der Waals surface area contributed by atoms with Gasteiger partial charge in [0.1, 0.15) is 11.6 Å². The number of esters is 1. The summed E-state index contributed by atoms with van der Waals surface area (Å²) >= 11 is 0. The SMILES string of the molecule is CC(=O)NC(Cc1ccccc1)C(=O)OC(C=CC=CC=CC(=O)O)C1(C)CO1. The highest BCUT2D eigenvalue weighted by Crippen LogP contribution is 2.33. The van der Waals surface area contributed by atoms with Crippen LogP contribution in [0.3, 0.4) is 0 Å². The molecule has 154 valence electrons. The van der Waals surface area contributed by atoms with E-state index in [1.165, 1.54) is 13.0 Å². The Labute approximate surface area is 169 Å². The lowest BCUT2D eigenvalue weighted by Gasteiger charge is -2.22. The molecule has 3 atom stereocenters. The number of hydrogen-bond acceptors (Lipinski definition) is 5. The average molecular weight is 399 g/mol. The fourth-order valence-corrected chi connectivity index (χ4v) is 2.57. The van der Waals surface area contributed by atoms with E-state index >= 15 is 0 Å². The van der Waals surface area contributed by atoms with Crippen LogP contribution in [0.2, 0.25) is 0 Å². The van der Waals surface area contributed by atoms with E-state index in [9.17, 15) is 14.4 Å². The van der Waals surface area contributed by atoms with E-state index in [1.54, 1.807) is 24.3 Å². The Hall–Kier alpha value is -3.19. The number of carboxylic acid groups (broad SMARTS) is 1. The van der Waals surface area contributed by atoms with Crippen LogP contribution < -0.4 is 5.32 Å². The highest BCUT2D eigenvalue weighted by atomic mass is 16.6. The van der Waals surface area contributed by atoms with Gasteiger partial charge in [-0.1, -0.05) is 54.6 Å². The van der Waals surface area contributed by atoms with Crippen LogP contribution in [0.25, 0.3) is 0 Å². The second kappa shape index (κ2) is 10.4. The van der Waals surface area contributed by atoms with Crippen molar-refractivity contribution < 1.29 is 29.0 Å². The van der Waals surface area contributed by atoms with Crippen LogP contribution in [0.15, 0.2) is 66.8 Å². The molecule has 3 unspecified atom stereocenters. The number of rotatable bonds is 10. The van der Waals surface area contributed by atoms with Gasteiger partial charge in [0.15, 0.2) is 6.10 Å². The molecule has 1 amide bonds. The average Bonchev–Trinajstić information content (AvgIpc) is 3.41. The topological polar surface area (TPSA) is 105 Å². The van der Waals surface area contributed by atoms with Crippen LogP contribution in [0.1, 0.15) is 19.4 Å². The Kier molecular flexibility index (Phi) is 7.91. The molecule has 1 fully saturated rings. The van der Waals surface area contributed by atoms with Crippen molar-refractivity contribution in [1.29, 1.82) is 0 Å². The lowest BCUT2D eigenvalue weighted by atomic mass is 10.0. The summed E-state index contributed by atoms with van der Waals surface area (Å²) in [5, 5.41) is 11.2. The van der Waals surface area contributed by atoms with Crippen LogP contribution in [0.5, 0.6) is 0 Å². The molecule has 1 aliphatic rings. The van der Waals surface area contributed by atoms with Gasteiger partial charge in [0, 0.05) is 19.4 Å². The van der Waals surface area contributed by atoms with Crippen LogP contribution in [-0.4, -0.2) is 47.3 Å². The largest absolute Gasteiger partial charge is 0.478 e. The first-order valence-corrected chi connectivity index (χ1v) is 9.20. The number of benzene rings is 1. The third kappa shape index (κ3) is 7.75. The number of ether oxygens (including phenoxy) is 2. The van der Waals surface area contributed by atoms with Gasteiger partial charge in [0.2, 0.25) is 5.91 Å². The standard InChI is InChI=1S/C22H25NO6/c1-16(24)23-18(14-17-10-6-5-7-11-17)21(27)29-19(22(2)15-28-22)12-8-3-4-9-13-20(25)26/h3-13,18-19H,14-15H2,1-2H3,(H,23,24)(H,25,26). The number of hydrogen-bond donors (Lipinski definition) is 2. The minimum Gasteiger partial charge on any atom is -0.478 e. The lowest BCUT2D eigenvalue weighted by Crippen LogP contribution is -2.45. The molecule has 29 heavy (non-hydrogen) atoms. The molecule has 1 aromatic rings. The smallest absolute Gasteiger partial charge is 0.329 e. The number of amides is 1. The molecule has 0 spiro atoms. The molecule has 0 bridgehead atoms. The predicted molar refractivity (Wildman–Crippen MR) is 107 cm³/mol. The molecule has 2 N–H and O–H groups in total. The van der Waals surface area contributed by atoms with Crippen LogP contribution in [0.4, 0.5) is 0 Å². The number of nitrogens with one attached hydrogen (secondary N) is 1. The number of carbonyl (C=O) groups excluding carboxylic acids is 2. The van der Waals surface area contributed by atoms with Gasteiger partial charge in [-0.15, -0.1) is 0 Å². The summed E-state index contributed by atoms with van der Waals surface area (Å²) in [6.07, 6.45) is 8.56. The minimum absolute atomic E-state index is 0.313. The third-order valence-electron chi connectivity index (χ3n) is 4.25. The predicted octanol–water partition coefficient (Wildman–Crippen LogP) is 2.19. The van der Waals surface area contributed by atoms with Gasteiger partial charge in [-0.2, -0.15) is 0 Å². The maximum absolute atomic E-state index is 12.8. The molecule has 7 heteroatoms. The van der Waals surface area contributed by atoms with E-state index in [2.05, 4.69) is 5.32 Å². The highest BCUT2D eigenvalue weighted by Gasteiger charge is 2.48. The molecule has 1 aromatic carbocycles. The summed E-state index contributed by atoms with van der Waals surface area (Å²) in [4.78, 5) is 34.7. The maximum atomic E-state index is 12.8. The van der Waals surface area contributed by atoms with Crippen molar-refractivity contribution in [2.24, 2.45) is 0 Å². The molecule has 0 aromatic heterocycles. The maximum Gasteiger partial charge on any atom is 0.329 e. The second-order valence-electron chi connectivity index (χ2n) is 6.87. The molecule has 1 saturated heterocycles. The van der Waals surface area contributed by atoms with Crippen molar-refractivity contribution in [2.75, 3.05) is 6.61 Å². The number of carbonyl (C=O) groups is 3. The van der Waals surface area contributed by atoms with Crippen molar-refractivity contribution >= 4 is 17.8 Å². The van der Waals surface area contributed by atoms with E-state index in [-0.39, 0.29) is 5.91 Å². The van der Waals surface area contributed by atoms with E-state index in [0.717, 1.165) is 11.6 Å². The first-order valence-electron chi connectivity index (χ1n) is 9.20. The summed E-state index contributed by atoms with van der Waals surface area (Å²) in [5.74, 6) is -1.91. The fourth-order valence-electron chi connectivity index (χ4n) is 2.57. The zero-order chi connectivity index (χ0) is 21.3. The van der Waals surface area contributed by atoms with Gasteiger partial charge < -0.3 is 19.9 Å². The number of allylic oxidation sites excluding steroid dienone is 4. The van der Waals surface area contributed by atoms with Gasteiger partial charge in [-0.3, -0.25) is 4.79 Å². The molecule has 1 heterocycles. The Morgan fingerprint density at radius 3 is 2.45 bits per heavy atom. The van der Waals surface area contributed by atoms with Crippen molar-refractivity contribution in [1.82, 2.24) is 5.32 Å². The lowest BCUT2D eigenvalue weighted by molar-refractivity contribution is -0.153. The van der Waals surface area contributed by atoms with Gasteiger partial charge >= 0.3 is 11.9 Å². The van der Waals surface area contributed by atoms with Crippen molar-refractivity contribution in [3.8, 4) is 0 Å². The van der Waals surface area contributed by atoms with Crippen LogP contribution in [-0.2, 0) is 30.3 Å². The van der Waals surface area contributed by atoms with E-state index in [0.29, 0.717) is 13.0 Å². The molecule has 1 aliphatic heterocycles. The molecule has 2 rings (SSSR count). The van der Waals surface area contributed by atoms with Crippen molar-refractivity contribution in [2.45, 2.75) is 38.0 Å². The van der Waals surface area contributed by atoms with E-state index in [1.807, 2.05) is 37.3 Å². The molecule has 0 radical (unpaired) electrons. The Bertz CT molecular complexity index is 808. The molecule has 7 nitrogen and oxygen atoms in total. The van der Waals surface area contributed by atoms with Gasteiger partial charge in [0.05, 0.1) is 6.61 Å². The summed E-state index contributed by atoms with van der Waals surface area (Å²) in [5.41, 5.74) is 0.280. The monoisotopic (exact) mass is 399 g/mol. The van der Waals surface area contributed by atoms with Crippen molar-refractivity contribution in [3.63, 3.8) is 0 Å². The zero-order valence-corrected chi connectivity index (χ0v) is 16.4. The quantitative estimate of drug-likeness (QED) is 0.270. The summed E-state index contributed by atoms with van der Waals surface area (Å²) in [6.45, 7) is 3.62. The Balaban J connectivity index is 2.06. The van der Waals surface area contributed by atoms with Crippen LogP contribution >= 0.6 is 0 Å². The third-order valence-corrected chi connectivity index (χ3v) is 4.25. The first-order chi connectivity index (χ1) is 13.8. The first kappa shape index (κ1) is 22.1. The number of epoxide rings is 1. The van der Waals surface area contributed by atoms with Gasteiger partial charge in [-0.05, 0) is 18.6 Å². The fraction of sp³-hybridized carbons (Fsp3) is 0.318. The van der Waals surface area contributed by atoms with E-state index in [4.69, 9.17) is 14.6 Å². The second-order valence-corrected chi connectivity index (χ2v) is 6.87.